The zero-order valence-electron chi connectivity index (χ0n) is 20.1. The molecule has 0 saturated carbocycles. The molecule has 0 aliphatic heterocycles. The van der Waals surface area contributed by atoms with Gasteiger partial charge in [-0.2, -0.15) is 5.10 Å². The van der Waals surface area contributed by atoms with Crippen molar-refractivity contribution in [2.45, 2.75) is 104 Å². The summed E-state index contributed by atoms with van der Waals surface area (Å²) in [4.78, 5) is 13.3. The lowest BCUT2D eigenvalue weighted by Crippen LogP contribution is -2.21. The summed E-state index contributed by atoms with van der Waals surface area (Å²) in [7, 11) is -3.40. The van der Waals surface area contributed by atoms with Gasteiger partial charge in [0.25, 0.3) is 0 Å². The molecule has 0 spiro atoms. The normalized spacial score (nSPS) is 11.7. The number of rotatable bonds is 19. The van der Waals surface area contributed by atoms with Crippen LogP contribution in [0.5, 0.6) is 0 Å². The van der Waals surface area contributed by atoms with Gasteiger partial charge in [-0.3, -0.25) is 4.79 Å². The quantitative estimate of drug-likeness (QED) is 0.141. The molecule has 1 amide bonds. The Hall–Kier alpha value is -1.89. The number of anilines is 1. The number of hydrogen-bond donors (Lipinski definition) is 2. The Morgan fingerprint density at radius 1 is 0.812 bits per heavy atom. The van der Waals surface area contributed by atoms with Crippen LogP contribution in [0.2, 0.25) is 0 Å². The smallest absolute Gasteiger partial charge is 0.247 e. The zero-order chi connectivity index (χ0) is 23.5. The van der Waals surface area contributed by atoms with E-state index in [-0.39, 0.29) is 11.7 Å². The maximum absolute atomic E-state index is 12.0. The van der Waals surface area contributed by atoms with Gasteiger partial charge in [-0.25, -0.2) is 13.2 Å². The molecule has 0 radical (unpaired) electrons. The fourth-order valence-electron chi connectivity index (χ4n) is 3.57. The van der Waals surface area contributed by atoms with Crippen LogP contribution in [-0.4, -0.2) is 26.3 Å². The lowest BCUT2D eigenvalue weighted by atomic mass is 10.0. The number of sulfonamides is 1. The second kappa shape index (κ2) is 17.6. The number of hydrogen-bond acceptors (Lipinski definition) is 4. The van der Waals surface area contributed by atoms with Gasteiger partial charge in [0.05, 0.1) is 12.0 Å². The minimum absolute atomic E-state index is 0.101. The van der Waals surface area contributed by atoms with Crippen molar-refractivity contribution in [3.63, 3.8) is 0 Å². The minimum Gasteiger partial charge on any atom is -0.326 e. The van der Waals surface area contributed by atoms with Gasteiger partial charge in [0, 0.05) is 12.6 Å². The first kappa shape index (κ1) is 28.1. The molecule has 1 aromatic carbocycles. The molecule has 0 heterocycles. The van der Waals surface area contributed by atoms with Gasteiger partial charge < -0.3 is 5.32 Å². The van der Waals surface area contributed by atoms with Crippen LogP contribution < -0.4 is 10.1 Å². The number of nitrogens with zero attached hydrogens (tertiary/aromatic N) is 1. The summed E-state index contributed by atoms with van der Waals surface area (Å²) in [6, 6.07) is 7.01. The lowest BCUT2D eigenvalue weighted by molar-refractivity contribution is -0.114. The van der Waals surface area contributed by atoms with E-state index in [4.69, 9.17) is 0 Å². The first-order valence-electron chi connectivity index (χ1n) is 12.3. The molecule has 6 nitrogen and oxygen atoms in total. The standard InChI is InChI=1S/C25H43N3O3S/c1-3-4-5-6-7-8-9-10-11-12-13-14-15-16-21-32(30,31)28-26-22-24-17-19-25(20-18-24)27-23(2)29/h17-20,22,28H,3-16,21H2,1-2H3,(H,27,29)/b26-22-. The highest BCUT2D eigenvalue weighted by Gasteiger charge is 2.07. The Bertz CT molecular complexity index is 746. The van der Waals surface area contributed by atoms with Crippen LogP contribution in [0.25, 0.3) is 0 Å². The molecule has 182 valence electrons. The fraction of sp³-hybridized carbons (Fsp3) is 0.680. The molecule has 1 aromatic rings. The van der Waals surface area contributed by atoms with Crippen molar-refractivity contribution in [1.29, 1.82) is 0 Å². The highest BCUT2D eigenvalue weighted by atomic mass is 32.2. The van der Waals surface area contributed by atoms with Crippen molar-refractivity contribution in [2.24, 2.45) is 5.10 Å². The van der Waals surface area contributed by atoms with Crippen LogP contribution >= 0.6 is 0 Å². The predicted molar refractivity (Wildman–Crippen MR) is 136 cm³/mol. The van der Waals surface area contributed by atoms with E-state index in [1.54, 1.807) is 24.3 Å². The average molecular weight is 466 g/mol. The third-order valence-electron chi connectivity index (χ3n) is 5.40. The number of carbonyl (C=O) groups excluding carboxylic acids is 1. The monoisotopic (exact) mass is 465 g/mol. The van der Waals surface area contributed by atoms with Gasteiger partial charge in [-0.1, -0.05) is 103 Å². The third-order valence-corrected chi connectivity index (χ3v) is 6.61. The molecule has 1 rings (SSSR count). The zero-order valence-corrected chi connectivity index (χ0v) is 20.9. The maximum Gasteiger partial charge on any atom is 0.247 e. The van der Waals surface area contributed by atoms with Crippen LogP contribution in [0, 0.1) is 0 Å². The second-order valence-corrected chi connectivity index (χ2v) is 10.4. The molecule has 7 heteroatoms. The molecule has 0 unspecified atom stereocenters. The van der Waals surface area contributed by atoms with Gasteiger partial charge in [0.2, 0.25) is 15.9 Å². The first-order valence-corrected chi connectivity index (χ1v) is 14.0. The van der Waals surface area contributed by atoms with Gasteiger partial charge in [0.1, 0.15) is 0 Å². The second-order valence-electron chi connectivity index (χ2n) is 8.57. The fourth-order valence-corrected chi connectivity index (χ4v) is 4.46. The number of unbranched alkanes of at least 4 members (excludes halogenated alkanes) is 13. The van der Waals surface area contributed by atoms with Crippen molar-refractivity contribution >= 4 is 27.8 Å². The topological polar surface area (TPSA) is 87.6 Å². The van der Waals surface area contributed by atoms with Crippen molar-refractivity contribution in [3.8, 4) is 0 Å². The number of carbonyl (C=O) groups is 1. The summed E-state index contributed by atoms with van der Waals surface area (Å²) in [5.41, 5.74) is 1.44. The minimum atomic E-state index is -3.40. The van der Waals surface area contributed by atoms with E-state index >= 15 is 0 Å². The molecule has 2 N–H and O–H groups in total. The van der Waals surface area contributed by atoms with Crippen molar-refractivity contribution in [3.05, 3.63) is 29.8 Å². The number of nitrogens with one attached hydrogen (secondary N) is 2. The predicted octanol–water partition coefficient (Wildman–Crippen LogP) is 6.38. The van der Waals surface area contributed by atoms with Gasteiger partial charge >= 0.3 is 0 Å². The van der Waals surface area contributed by atoms with Crippen LogP contribution in [0.4, 0.5) is 5.69 Å². The number of hydrazone groups is 1. The van der Waals surface area contributed by atoms with Crippen molar-refractivity contribution in [1.82, 2.24) is 4.83 Å². The summed E-state index contributed by atoms with van der Waals surface area (Å²) < 4.78 is 24.1. The Morgan fingerprint density at radius 3 is 1.75 bits per heavy atom. The molecule has 0 fully saturated rings. The summed E-state index contributed by atoms with van der Waals surface area (Å²) >= 11 is 0. The molecule has 0 saturated heterocycles. The highest BCUT2D eigenvalue weighted by Crippen LogP contribution is 2.13. The molecule has 0 aliphatic carbocycles. The van der Waals surface area contributed by atoms with E-state index in [0.717, 1.165) is 18.4 Å². The summed E-state index contributed by atoms with van der Waals surface area (Å²) in [6.45, 7) is 3.70. The highest BCUT2D eigenvalue weighted by molar-refractivity contribution is 7.89. The first-order chi connectivity index (χ1) is 15.4. The van der Waals surface area contributed by atoms with Gasteiger partial charge in [-0.15, -0.1) is 0 Å². The molecular weight excluding hydrogens is 422 g/mol. The largest absolute Gasteiger partial charge is 0.326 e. The van der Waals surface area contributed by atoms with Crippen molar-refractivity contribution in [2.75, 3.05) is 11.1 Å². The Morgan fingerprint density at radius 2 is 1.28 bits per heavy atom. The van der Waals surface area contributed by atoms with Crippen molar-refractivity contribution < 1.29 is 13.2 Å². The van der Waals surface area contributed by atoms with E-state index in [0.29, 0.717) is 12.1 Å². The van der Waals surface area contributed by atoms with E-state index in [1.165, 1.54) is 83.8 Å². The molecular formula is C25H43N3O3S. The lowest BCUT2D eigenvalue weighted by Gasteiger charge is -2.05. The van der Waals surface area contributed by atoms with Crippen LogP contribution in [-0.2, 0) is 14.8 Å². The Labute approximate surface area is 195 Å². The molecule has 0 aliphatic rings. The van der Waals surface area contributed by atoms with E-state index in [9.17, 15) is 13.2 Å². The number of benzene rings is 1. The van der Waals surface area contributed by atoms with Gasteiger partial charge in [0.15, 0.2) is 0 Å². The molecule has 0 atom stereocenters. The van der Waals surface area contributed by atoms with E-state index in [1.807, 2.05) is 0 Å². The van der Waals surface area contributed by atoms with Crippen LogP contribution in [0.15, 0.2) is 29.4 Å². The average Bonchev–Trinajstić information content (AvgIpc) is 2.75. The third kappa shape index (κ3) is 15.8. The molecule has 0 bridgehead atoms. The summed E-state index contributed by atoms with van der Waals surface area (Å²) in [6.07, 6.45) is 18.8. The number of amides is 1. The van der Waals surface area contributed by atoms with Crippen LogP contribution in [0.1, 0.15) is 109 Å². The SMILES string of the molecule is CCCCCCCCCCCCCCCCS(=O)(=O)N/N=C\c1ccc(NC(C)=O)cc1. The Balaban J connectivity index is 2.03. The van der Waals surface area contributed by atoms with Crippen LogP contribution in [0.3, 0.4) is 0 Å². The van der Waals surface area contributed by atoms with E-state index < -0.39 is 10.0 Å². The maximum atomic E-state index is 12.0. The van der Waals surface area contributed by atoms with Gasteiger partial charge in [-0.05, 0) is 24.1 Å². The summed E-state index contributed by atoms with van der Waals surface area (Å²) in [5.74, 6) is -0.0354. The molecule has 0 aromatic heterocycles. The summed E-state index contributed by atoms with van der Waals surface area (Å²) in [5, 5.41) is 6.52. The Kier molecular flexibility index (Phi) is 15.5. The molecule has 32 heavy (non-hydrogen) atoms. The van der Waals surface area contributed by atoms with E-state index in [2.05, 4.69) is 22.2 Å².